The third-order valence-corrected chi connectivity index (χ3v) is 3.14. The molecular weight excluding hydrogens is 200 g/mol. The Morgan fingerprint density at radius 3 is 2.50 bits per heavy atom. The number of rotatable bonds is 5. The normalized spacial score (nSPS) is 14.8. The summed E-state index contributed by atoms with van der Waals surface area (Å²) in [4.78, 5) is 0. The number of methoxy groups -OCH3 is 1. The quantitative estimate of drug-likeness (QED) is 0.776. The van der Waals surface area contributed by atoms with E-state index >= 15 is 0 Å². The van der Waals surface area contributed by atoms with E-state index in [0.29, 0.717) is 6.61 Å². The van der Waals surface area contributed by atoms with Gasteiger partial charge in [-0.25, -0.2) is 0 Å². The van der Waals surface area contributed by atoms with E-state index < -0.39 is 5.60 Å². The highest BCUT2D eigenvalue weighted by Crippen LogP contribution is 2.27. The van der Waals surface area contributed by atoms with Gasteiger partial charge in [0.15, 0.2) is 0 Å². The summed E-state index contributed by atoms with van der Waals surface area (Å²) >= 11 is 0. The number of hydrogen-bond donors (Lipinski definition) is 1. The van der Waals surface area contributed by atoms with Gasteiger partial charge in [-0.1, -0.05) is 18.2 Å². The molecule has 1 rings (SSSR count). The smallest absolute Gasteiger partial charge is 0.0869 e. The Bertz CT molecular complexity index is 343. The predicted octanol–water partition coefficient (Wildman–Crippen LogP) is 2.94. The van der Waals surface area contributed by atoms with E-state index in [2.05, 4.69) is 26.0 Å². The minimum Gasteiger partial charge on any atom is -0.385 e. The minimum absolute atomic E-state index is 0.695. The van der Waals surface area contributed by atoms with Crippen LogP contribution in [-0.4, -0.2) is 18.8 Å². The molecule has 0 aliphatic heterocycles. The van der Waals surface area contributed by atoms with Crippen LogP contribution in [0.1, 0.15) is 36.5 Å². The molecule has 90 valence electrons. The molecule has 0 aliphatic rings. The molecule has 2 heteroatoms. The summed E-state index contributed by atoms with van der Waals surface area (Å²) in [5.41, 5.74) is 2.73. The summed E-state index contributed by atoms with van der Waals surface area (Å²) < 4.78 is 5.00. The average Bonchev–Trinajstić information content (AvgIpc) is 2.22. The average molecular weight is 222 g/mol. The van der Waals surface area contributed by atoms with E-state index in [9.17, 15) is 5.11 Å². The van der Waals surface area contributed by atoms with Crippen LogP contribution >= 0.6 is 0 Å². The predicted molar refractivity (Wildman–Crippen MR) is 66.6 cm³/mol. The van der Waals surface area contributed by atoms with Crippen molar-refractivity contribution in [1.29, 1.82) is 0 Å². The molecule has 1 atom stereocenters. The van der Waals surface area contributed by atoms with Gasteiger partial charge in [0.1, 0.15) is 0 Å². The summed E-state index contributed by atoms with van der Waals surface area (Å²) in [6, 6.07) is 6.15. The molecule has 0 aromatic heterocycles. The summed E-state index contributed by atoms with van der Waals surface area (Å²) in [7, 11) is 1.69. The largest absolute Gasteiger partial charge is 0.385 e. The van der Waals surface area contributed by atoms with Crippen molar-refractivity contribution in [3.8, 4) is 0 Å². The summed E-state index contributed by atoms with van der Waals surface area (Å²) in [5, 5.41) is 10.4. The maximum atomic E-state index is 10.4. The van der Waals surface area contributed by atoms with Gasteiger partial charge in [0, 0.05) is 13.7 Å². The van der Waals surface area contributed by atoms with Gasteiger partial charge in [-0.05, 0) is 50.3 Å². The van der Waals surface area contributed by atoms with Gasteiger partial charge in [-0.3, -0.25) is 0 Å². The number of hydrogen-bond acceptors (Lipinski definition) is 2. The molecule has 0 spiro atoms. The van der Waals surface area contributed by atoms with Crippen molar-refractivity contribution in [2.24, 2.45) is 0 Å². The summed E-state index contributed by atoms with van der Waals surface area (Å²) in [6.45, 7) is 6.72. The van der Waals surface area contributed by atoms with Gasteiger partial charge in [-0.2, -0.15) is 0 Å². The van der Waals surface area contributed by atoms with Gasteiger partial charge >= 0.3 is 0 Å². The fourth-order valence-electron chi connectivity index (χ4n) is 1.78. The van der Waals surface area contributed by atoms with Gasteiger partial charge in [0.05, 0.1) is 5.60 Å². The molecule has 0 saturated carbocycles. The number of aryl methyl sites for hydroxylation is 2. The molecular formula is C14H22O2. The van der Waals surface area contributed by atoms with Gasteiger partial charge < -0.3 is 9.84 Å². The van der Waals surface area contributed by atoms with E-state index in [-0.39, 0.29) is 0 Å². The highest BCUT2D eigenvalue weighted by atomic mass is 16.5. The van der Waals surface area contributed by atoms with Crippen molar-refractivity contribution in [3.05, 3.63) is 34.9 Å². The van der Waals surface area contributed by atoms with Crippen molar-refractivity contribution in [2.75, 3.05) is 13.7 Å². The Morgan fingerprint density at radius 2 is 1.94 bits per heavy atom. The molecule has 0 heterocycles. The van der Waals surface area contributed by atoms with Crippen molar-refractivity contribution < 1.29 is 9.84 Å². The molecule has 1 aromatic rings. The van der Waals surface area contributed by atoms with Crippen LogP contribution in [0.15, 0.2) is 18.2 Å². The molecule has 1 aromatic carbocycles. The Morgan fingerprint density at radius 1 is 1.25 bits per heavy atom. The lowest BCUT2D eigenvalue weighted by molar-refractivity contribution is 0.0372. The SMILES string of the molecule is COCCCC(C)(O)c1ccc(C)c(C)c1. The second-order valence-corrected chi connectivity index (χ2v) is 4.67. The Balaban J connectivity index is 2.76. The number of aliphatic hydroxyl groups is 1. The molecule has 0 fully saturated rings. The molecule has 0 bridgehead atoms. The van der Waals surface area contributed by atoms with E-state index in [1.54, 1.807) is 7.11 Å². The molecule has 0 aliphatic carbocycles. The molecule has 0 saturated heterocycles. The lowest BCUT2D eigenvalue weighted by Crippen LogP contribution is -2.21. The van der Waals surface area contributed by atoms with Gasteiger partial charge in [0.25, 0.3) is 0 Å². The third-order valence-electron chi connectivity index (χ3n) is 3.14. The van der Waals surface area contributed by atoms with Crippen LogP contribution in [0.25, 0.3) is 0 Å². The second-order valence-electron chi connectivity index (χ2n) is 4.67. The second kappa shape index (κ2) is 5.46. The lowest BCUT2D eigenvalue weighted by Gasteiger charge is -2.24. The monoisotopic (exact) mass is 222 g/mol. The first-order chi connectivity index (χ1) is 7.47. The Hall–Kier alpha value is -0.860. The number of ether oxygens (including phenoxy) is 1. The molecule has 1 N–H and O–H groups in total. The standard InChI is InChI=1S/C14H22O2/c1-11-6-7-13(10-12(11)2)14(3,15)8-5-9-16-4/h6-7,10,15H,5,8-9H2,1-4H3. The maximum Gasteiger partial charge on any atom is 0.0869 e. The van der Waals surface area contributed by atoms with E-state index in [0.717, 1.165) is 18.4 Å². The highest BCUT2D eigenvalue weighted by Gasteiger charge is 2.22. The fraction of sp³-hybridized carbons (Fsp3) is 0.571. The topological polar surface area (TPSA) is 29.5 Å². The number of benzene rings is 1. The van der Waals surface area contributed by atoms with Crippen molar-refractivity contribution in [3.63, 3.8) is 0 Å². The molecule has 0 amide bonds. The Kier molecular flexibility index (Phi) is 4.51. The molecule has 2 nitrogen and oxygen atoms in total. The summed E-state index contributed by atoms with van der Waals surface area (Å²) in [6.07, 6.45) is 1.60. The van der Waals surface area contributed by atoms with Crippen molar-refractivity contribution >= 4 is 0 Å². The Labute approximate surface area is 98.3 Å². The van der Waals surface area contributed by atoms with Crippen LogP contribution in [-0.2, 0) is 10.3 Å². The fourth-order valence-corrected chi connectivity index (χ4v) is 1.78. The van der Waals surface area contributed by atoms with Crippen LogP contribution in [0, 0.1) is 13.8 Å². The first-order valence-corrected chi connectivity index (χ1v) is 5.76. The molecule has 16 heavy (non-hydrogen) atoms. The maximum absolute atomic E-state index is 10.4. The van der Waals surface area contributed by atoms with E-state index in [4.69, 9.17) is 4.74 Å². The molecule has 1 unspecified atom stereocenters. The minimum atomic E-state index is -0.753. The van der Waals surface area contributed by atoms with Crippen LogP contribution in [0.3, 0.4) is 0 Å². The zero-order valence-corrected chi connectivity index (χ0v) is 10.7. The molecule has 0 radical (unpaired) electrons. The van der Waals surface area contributed by atoms with Crippen LogP contribution in [0.5, 0.6) is 0 Å². The zero-order valence-electron chi connectivity index (χ0n) is 10.7. The van der Waals surface area contributed by atoms with Crippen LogP contribution < -0.4 is 0 Å². The van der Waals surface area contributed by atoms with E-state index in [1.165, 1.54) is 11.1 Å². The first-order valence-electron chi connectivity index (χ1n) is 5.76. The zero-order chi connectivity index (χ0) is 12.2. The van der Waals surface area contributed by atoms with Gasteiger partial charge in [-0.15, -0.1) is 0 Å². The van der Waals surface area contributed by atoms with Crippen molar-refractivity contribution in [2.45, 2.75) is 39.2 Å². The highest BCUT2D eigenvalue weighted by molar-refractivity contribution is 5.32. The van der Waals surface area contributed by atoms with E-state index in [1.807, 2.05) is 13.0 Å². The third kappa shape index (κ3) is 3.32. The van der Waals surface area contributed by atoms with Crippen molar-refractivity contribution in [1.82, 2.24) is 0 Å². The van der Waals surface area contributed by atoms with Crippen LogP contribution in [0.2, 0.25) is 0 Å². The van der Waals surface area contributed by atoms with Gasteiger partial charge in [0.2, 0.25) is 0 Å². The van der Waals surface area contributed by atoms with Crippen LogP contribution in [0.4, 0.5) is 0 Å². The first kappa shape index (κ1) is 13.2. The lowest BCUT2D eigenvalue weighted by atomic mass is 9.89. The summed E-state index contributed by atoms with van der Waals surface area (Å²) in [5.74, 6) is 0.